The molecule has 0 unspecified atom stereocenters. The van der Waals surface area contributed by atoms with E-state index in [9.17, 15) is 0 Å². The Morgan fingerprint density at radius 1 is 0.920 bits per heavy atom. The minimum Gasteiger partial charge on any atom is -0.493 e. The summed E-state index contributed by atoms with van der Waals surface area (Å²) in [6.07, 6.45) is 7.85. The molecule has 0 amide bonds. The van der Waals surface area contributed by atoms with Gasteiger partial charge < -0.3 is 19.3 Å². The Morgan fingerprint density at radius 2 is 1.68 bits per heavy atom. The summed E-state index contributed by atoms with van der Waals surface area (Å²) in [5.41, 5.74) is 1.34. The molecule has 1 aromatic carbocycles. The average molecular weight is 344 g/mol. The van der Waals surface area contributed by atoms with Crippen molar-refractivity contribution < 1.29 is 19.3 Å². The highest BCUT2D eigenvalue weighted by Crippen LogP contribution is 2.42. The van der Waals surface area contributed by atoms with Crippen LogP contribution in [0, 0.1) is 17.8 Å². The highest BCUT2D eigenvalue weighted by Gasteiger charge is 2.38. The first-order valence-electron chi connectivity index (χ1n) is 9.81. The normalized spacial score (nSPS) is 33.6. The van der Waals surface area contributed by atoms with Crippen LogP contribution in [0.4, 0.5) is 0 Å². The number of benzene rings is 1. The molecule has 3 atom stereocenters. The van der Waals surface area contributed by atoms with Crippen molar-refractivity contribution in [1.29, 1.82) is 0 Å². The predicted molar refractivity (Wildman–Crippen MR) is 98.4 cm³/mol. The van der Waals surface area contributed by atoms with Gasteiger partial charge in [0.2, 0.25) is 0 Å². The first-order valence-corrected chi connectivity index (χ1v) is 9.81. The monoisotopic (exact) mass is 344 g/mol. The fourth-order valence-corrected chi connectivity index (χ4v) is 5.12. The smallest absolute Gasteiger partial charge is 0.161 e. The number of rotatable bonds is 6. The standard InChI is InChI=1S/C21H30N2O2/c1-24-20-6-4-17(13-21(20)25-2)14-22-7-9-23(10-8-22)15-19-12-16-3-5-18(19)11-16/h3-6,13,16,18-19H,7-12,14-15H2,1-2H3/p+2/t16-,18-,19+/m1/s1. The van der Waals surface area contributed by atoms with E-state index in [0.29, 0.717) is 0 Å². The van der Waals surface area contributed by atoms with E-state index in [1.165, 1.54) is 51.1 Å². The molecule has 1 aliphatic heterocycles. The van der Waals surface area contributed by atoms with Crippen molar-refractivity contribution in [3.05, 3.63) is 35.9 Å². The van der Waals surface area contributed by atoms with Crippen molar-refractivity contribution in [2.45, 2.75) is 19.4 Å². The molecular formula is C21H32N2O2+2. The molecule has 0 aromatic heterocycles. The molecule has 4 heteroatoms. The number of methoxy groups -OCH3 is 2. The first-order chi connectivity index (χ1) is 12.2. The quantitative estimate of drug-likeness (QED) is 0.722. The molecule has 1 saturated heterocycles. The van der Waals surface area contributed by atoms with Crippen molar-refractivity contribution in [3.8, 4) is 11.5 Å². The van der Waals surface area contributed by atoms with Gasteiger partial charge in [-0.05, 0) is 42.9 Å². The van der Waals surface area contributed by atoms with Gasteiger partial charge in [-0.2, -0.15) is 0 Å². The van der Waals surface area contributed by atoms with Gasteiger partial charge in [0.25, 0.3) is 0 Å². The molecule has 25 heavy (non-hydrogen) atoms. The summed E-state index contributed by atoms with van der Waals surface area (Å²) >= 11 is 0. The van der Waals surface area contributed by atoms with E-state index in [4.69, 9.17) is 9.47 Å². The van der Waals surface area contributed by atoms with Crippen LogP contribution in [-0.4, -0.2) is 46.9 Å². The third-order valence-corrected chi connectivity index (χ3v) is 6.53. The maximum absolute atomic E-state index is 5.44. The number of ether oxygens (including phenoxy) is 2. The lowest BCUT2D eigenvalue weighted by Crippen LogP contribution is -3.27. The Bertz CT molecular complexity index is 622. The third kappa shape index (κ3) is 3.70. The maximum atomic E-state index is 5.44. The summed E-state index contributed by atoms with van der Waals surface area (Å²) in [5.74, 6) is 4.42. The number of hydrogen-bond donors (Lipinski definition) is 2. The van der Waals surface area contributed by atoms with E-state index in [1.807, 2.05) is 11.0 Å². The van der Waals surface area contributed by atoms with Crippen LogP contribution in [0.1, 0.15) is 18.4 Å². The molecule has 3 aliphatic rings. The lowest BCUT2D eigenvalue weighted by Gasteiger charge is -2.32. The zero-order valence-electron chi connectivity index (χ0n) is 15.6. The highest BCUT2D eigenvalue weighted by molar-refractivity contribution is 5.42. The number of allylic oxidation sites excluding steroid dienone is 2. The number of quaternary nitrogens is 2. The van der Waals surface area contributed by atoms with E-state index in [-0.39, 0.29) is 0 Å². The van der Waals surface area contributed by atoms with Gasteiger partial charge in [-0.25, -0.2) is 0 Å². The van der Waals surface area contributed by atoms with Crippen LogP contribution < -0.4 is 19.3 Å². The number of nitrogens with one attached hydrogen (secondary N) is 2. The second-order valence-electron chi connectivity index (χ2n) is 8.11. The van der Waals surface area contributed by atoms with Crippen LogP contribution in [0.3, 0.4) is 0 Å². The van der Waals surface area contributed by atoms with Gasteiger partial charge in [0.1, 0.15) is 32.7 Å². The van der Waals surface area contributed by atoms with Gasteiger partial charge >= 0.3 is 0 Å². The molecule has 0 spiro atoms. The van der Waals surface area contributed by atoms with E-state index in [0.717, 1.165) is 35.8 Å². The summed E-state index contributed by atoms with van der Waals surface area (Å²) in [4.78, 5) is 3.53. The lowest BCUT2D eigenvalue weighted by atomic mass is 9.93. The van der Waals surface area contributed by atoms with Gasteiger partial charge in [-0.1, -0.05) is 12.2 Å². The Balaban J connectivity index is 1.27. The van der Waals surface area contributed by atoms with Gasteiger partial charge in [0, 0.05) is 11.5 Å². The molecule has 4 rings (SSSR count). The van der Waals surface area contributed by atoms with Crippen molar-refractivity contribution in [3.63, 3.8) is 0 Å². The number of fused-ring (bicyclic) bond motifs is 2. The van der Waals surface area contributed by atoms with Crippen molar-refractivity contribution in [2.75, 3.05) is 46.9 Å². The topological polar surface area (TPSA) is 27.3 Å². The molecule has 1 heterocycles. The van der Waals surface area contributed by atoms with Crippen molar-refractivity contribution >= 4 is 0 Å². The molecule has 136 valence electrons. The van der Waals surface area contributed by atoms with E-state index < -0.39 is 0 Å². The summed E-state index contributed by atoms with van der Waals surface area (Å²) in [7, 11) is 3.40. The molecule has 1 aromatic rings. The fraction of sp³-hybridized carbons (Fsp3) is 0.619. The second-order valence-corrected chi connectivity index (χ2v) is 8.11. The van der Waals surface area contributed by atoms with Crippen LogP contribution in [-0.2, 0) is 6.54 Å². The van der Waals surface area contributed by atoms with E-state index in [2.05, 4.69) is 24.3 Å². The Hall–Kier alpha value is -1.52. The summed E-state index contributed by atoms with van der Waals surface area (Å²) < 4.78 is 10.8. The zero-order valence-corrected chi connectivity index (χ0v) is 15.6. The van der Waals surface area contributed by atoms with Crippen LogP contribution in [0.5, 0.6) is 11.5 Å². The highest BCUT2D eigenvalue weighted by atomic mass is 16.5. The zero-order chi connectivity index (χ0) is 17.2. The van der Waals surface area contributed by atoms with Crippen LogP contribution in [0.25, 0.3) is 0 Å². The van der Waals surface area contributed by atoms with Gasteiger partial charge in [-0.15, -0.1) is 0 Å². The molecule has 1 saturated carbocycles. The van der Waals surface area contributed by atoms with Crippen LogP contribution >= 0.6 is 0 Å². The molecule has 4 nitrogen and oxygen atoms in total. The molecule has 2 bridgehead atoms. The van der Waals surface area contributed by atoms with Gasteiger partial charge in [0.05, 0.1) is 20.8 Å². The predicted octanol–water partition coefficient (Wildman–Crippen LogP) is 0.199. The largest absolute Gasteiger partial charge is 0.493 e. The average Bonchev–Trinajstić information content (AvgIpc) is 3.26. The van der Waals surface area contributed by atoms with Gasteiger partial charge in [0.15, 0.2) is 11.5 Å². The lowest BCUT2D eigenvalue weighted by molar-refractivity contribution is -1.02. The Morgan fingerprint density at radius 3 is 2.32 bits per heavy atom. The third-order valence-electron chi connectivity index (χ3n) is 6.53. The second kappa shape index (κ2) is 7.38. The summed E-state index contributed by atoms with van der Waals surface area (Å²) in [6.45, 7) is 7.68. The molecule has 0 radical (unpaired) electrons. The van der Waals surface area contributed by atoms with E-state index in [1.54, 1.807) is 19.1 Å². The SMILES string of the molecule is COc1ccc(C[NH+]2CC[NH+](C[C@@H]3C[C@@H]4C=C[C@@H]3C4)CC2)cc1OC. The van der Waals surface area contributed by atoms with Gasteiger partial charge in [-0.3, -0.25) is 0 Å². The van der Waals surface area contributed by atoms with E-state index >= 15 is 0 Å². The fourth-order valence-electron chi connectivity index (χ4n) is 5.12. The summed E-state index contributed by atoms with van der Waals surface area (Å²) in [6, 6.07) is 6.33. The Kier molecular flexibility index (Phi) is 5.00. The molecule has 2 aliphatic carbocycles. The molecule has 2 fully saturated rings. The molecular weight excluding hydrogens is 312 g/mol. The van der Waals surface area contributed by atoms with Crippen molar-refractivity contribution in [1.82, 2.24) is 0 Å². The number of piperazine rings is 1. The first kappa shape index (κ1) is 16.9. The van der Waals surface area contributed by atoms with Crippen LogP contribution in [0.15, 0.2) is 30.4 Å². The summed E-state index contributed by atoms with van der Waals surface area (Å²) in [5, 5.41) is 0. The van der Waals surface area contributed by atoms with Crippen molar-refractivity contribution in [2.24, 2.45) is 17.8 Å². The van der Waals surface area contributed by atoms with Crippen LogP contribution in [0.2, 0.25) is 0 Å². The minimum absolute atomic E-state index is 0.815. The Labute approximate surface area is 151 Å². The maximum Gasteiger partial charge on any atom is 0.161 e. The number of hydrogen-bond acceptors (Lipinski definition) is 2. The minimum atomic E-state index is 0.815. The molecule has 2 N–H and O–H groups in total.